The smallest absolute Gasteiger partial charge is 0.0546 e. The van der Waals surface area contributed by atoms with Crippen molar-refractivity contribution < 1.29 is 4.74 Å². The largest absolute Gasteiger partial charge is 0.382 e. The number of methoxy groups -OCH3 is 1. The van der Waals surface area contributed by atoms with Crippen LogP contribution in [0.4, 0.5) is 0 Å². The molecule has 0 aromatic heterocycles. The van der Waals surface area contributed by atoms with Crippen molar-refractivity contribution >= 4 is 11.6 Å². The molecule has 0 heterocycles. The molecule has 4 atom stereocenters. The molecule has 0 N–H and O–H groups in total. The number of rotatable bonds is 4. The highest BCUT2D eigenvalue weighted by Gasteiger charge is 2.29. The van der Waals surface area contributed by atoms with Crippen molar-refractivity contribution in [3.8, 4) is 0 Å². The number of halogens is 1. The van der Waals surface area contributed by atoms with Gasteiger partial charge in [0.15, 0.2) is 0 Å². The van der Waals surface area contributed by atoms with Crippen molar-refractivity contribution in [1.29, 1.82) is 0 Å². The summed E-state index contributed by atoms with van der Waals surface area (Å²) in [7, 11) is 1.79. The molecule has 1 aliphatic carbocycles. The van der Waals surface area contributed by atoms with Gasteiger partial charge in [0.25, 0.3) is 0 Å². The third kappa shape index (κ3) is 3.43. The van der Waals surface area contributed by atoms with Gasteiger partial charge in [-0.3, -0.25) is 0 Å². The van der Waals surface area contributed by atoms with Gasteiger partial charge in [-0.15, -0.1) is 11.6 Å². The van der Waals surface area contributed by atoms with Gasteiger partial charge >= 0.3 is 0 Å². The zero-order valence-electron chi connectivity index (χ0n) is 9.63. The molecule has 0 radical (unpaired) electrons. The maximum atomic E-state index is 6.35. The molecular formula is C12H23ClO. The highest BCUT2D eigenvalue weighted by atomic mass is 35.5. The Morgan fingerprint density at radius 3 is 2.71 bits per heavy atom. The van der Waals surface area contributed by atoms with Gasteiger partial charge in [-0.1, -0.05) is 13.3 Å². The Morgan fingerprint density at radius 1 is 1.43 bits per heavy atom. The van der Waals surface area contributed by atoms with Crippen LogP contribution in [0.15, 0.2) is 0 Å². The van der Waals surface area contributed by atoms with E-state index in [4.69, 9.17) is 16.3 Å². The van der Waals surface area contributed by atoms with Gasteiger partial charge in [0.2, 0.25) is 0 Å². The van der Waals surface area contributed by atoms with Gasteiger partial charge < -0.3 is 4.74 Å². The highest BCUT2D eigenvalue weighted by molar-refractivity contribution is 6.20. The normalized spacial score (nSPS) is 35.6. The second-order valence-electron chi connectivity index (χ2n) is 4.65. The van der Waals surface area contributed by atoms with Crippen LogP contribution in [0.1, 0.15) is 46.0 Å². The van der Waals surface area contributed by atoms with Gasteiger partial charge in [0, 0.05) is 12.5 Å². The number of alkyl halides is 1. The Labute approximate surface area is 93.2 Å². The molecule has 0 bridgehead atoms. The second-order valence-corrected chi connectivity index (χ2v) is 5.21. The van der Waals surface area contributed by atoms with E-state index in [0.717, 1.165) is 12.3 Å². The zero-order chi connectivity index (χ0) is 10.6. The third-order valence-corrected chi connectivity index (χ3v) is 4.19. The number of hydrogen-bond donors (Lipinski definition) is 0. The van der Waals surface area contributed by atoms with Gasteiger partial charge in [-0.2, -0.15) is 0 Å². The minimum Gasteiger partial charge on any atom is -0.382 e. The van der Waals surface area contributed by atoms with Crippen LogP contribution in [0.25, 0.3) is 0 Å². The van der Waals surface area contributed by atoms with Crippen molar-refractivity contribution in [3.05, 3.63) is 0 Å². The van der Waals surface area contributed by atoms with E-state index < -0.39 is 0 Å². The Morgan fingerprint density at radius 2 is 2.14 bits per heavy atom. The zero-order valence-corrected chi connectivity index (χ0v) is 10.4. The molecule has 1 nitrogen and oxygen atoms in total. The Bertz CT molecular complexity index is 158. The lowest BCUT2D eigenvalue weighted by Crippen LogP contribution is -2.28. The molecular weight excluding hydrogens is 196 g/mol. The first kappa shape index (κ1) is 12.3. The van der Waals surface area contributed by atoms with Crippen LogP contribution in [-0.4, -0.2) is 18.6 Å². The van der Waals surface area contributed by atoms with Crippen LogP contribution in [0.2, 0.25) is 0 Å². The van der Waals surface area contributed by atoms with Crippen LogP contribution < -0.4 is 0 Å². The lowest BCUT2D eigenvalue weighted by Gasteiger charge is -2.33. The summed E-state index contributed by atoms with van der Waals surface area (Å²) >= 11 is 6.35. The predicted molar refractivity (Wildman–Crippen MR) is 61.9 cm³/mol. The maximum Gasteiger partial charge on any atom is 0.0546 e. The lowest BCUT2D eigenvalue weighted by molar-refractivity contribution is 0.0826. The molecule has 4 unspecified atom stereocenters. The first-order valence-corrected chi connectivity index (χ1v) is 6.27. The summed E-state index contributed by atoms with van der Waals surface area (Å²) in [5, 5.41) is 0.385. The third-order valence-electron chi connectivity index (χ3n) is 3.61. The topological polar surface area (TPSA) is 9.23 Å². The van der Waals surface area contributed by atoms with Crippen molar-refractivity contribution in [2.75, 3.05) is 7.11 Å². The molecule has 14 heavy (non-hydrogen) atoms. The molecule has 1 saturated carbocycles. The summed E-state index contributed by atoms with van der Waals surface area (Å²) in [6.45, 7) is 4.43. The number of ether oxygens (including phenoxy) is 1. The summed E-state index contributed by atoms with van der Waals surface area (Å²) in [6.07, 6.45) is 6.61. The molecule has 1 aliphatic rings. The molecule has 0 saturated heterocycles. The fourth-order valence-electron chi connectivity index (χ4n) is 2.46. The summed E-state index contributed by atoms with van der Waals surface area (Å²) in [6, 6.07) is 0. The van der Waals surface area contributed by atoms with Gasteiger partial charge in [0.05, 0.1) is 6.10 Å². The molecule has 1 rings (SSSR count). The van der Waals surface area contributed by atoms with E-state index >= 15 is 0 Å². The average Bonchev–Trinajstić information content (AvgIpc) is 2.21. The molecule has 2 heteroatoms. The molecule has 0 amide bonds. The Balaban J connectivity index is 2.40. The van der Waals surface area contributed by atoms with E-state index in [1.54, 1.807) is 7.11 Å². The fourth-order valence-corrected chi connectivity index (χ4v) is 2.79. The fraction of sp³-hybridized carbons (Fsp3) is 1.00. The first-order chi connectivity index (χ1) is 6.67. The summed E-state index contributed by atoms with van der Waals surface area (Å²) in [5.41, 5.74) is 0. The molecule has 0 aliphatic heterocycles. The van der Waals surface area contributed by atoms with E-state index in [-0.39, 0.29) is 0 Å². The van der Waals surface area contributed by atoms with E-state index in [0.29, 0.717) is 17.4 Å². The second kappa shape index (κ2) is 5.97. The monoisotopic (exact) mass is 218 g/mol. The van der Waals surface area contributed by atoms with E-state index in [2.05, 4.69) is 13.8 Å². The highest BCUT2D eigenvalue weighted by Crippen LogP contribution is 2.36. The van der Waals surface area contributed by atoms with Gasteiger partial charge in [0.1, 0.15) is 0 Å². The summed E-state index contributed by atoms with van der Waals surface area (Å²) < 4.78 is 5.31. The minimum absolute atomic E-state index is 0.358. The Kier molecular flexibility index (Phi) is 5.25. The Hall–Kier alpha value is 0.250. The molecule has 0 aromatic rings. The van der Waals surface area contributed by atoms with E-state index in [9.17, 15) is 0 Å². The van der Waals surface area contributed by atoms with Gasteiger partial charge in [-0.05, 0) is 44.4 Å². The predicted octanol–water partition coefficient (Wildman–Crippen LogP) is 3.85. The minimum atomic E-state index is 0.358. The molecule has 84 valence electrons. The maximum absolute atomic E-state index is 6.35. The van der Waals surface area contributed by atoms with Crippen LogP contribution in [-0.2, 0) is 4.74 Å². The van der Waals surface area contributed by atoms with Crippen LogP contribution in [0, 0.1) is 11.8 Å². The number of hydrogen-bond acceptors (Lipinski definition) is 1. The standard InChI is InChI=1S/C12H23ClO/c1-4-10-5-6-12(13)11(8-10)7-9(2)14-3/h9-12H,4-8H2,1-3H3. The first-order valence-electron chi connectivity index (χ1n) is 5.84. The van der Waals surface area contributed by atoms with Crippen molar-refractivity contribution in [1.82, 2.24) is 0 Å². The molecule has 0 spiro atoms. The molecule has 1 fully saturated rings. The quantitative estimate of drug-likeness (QED) is 0.652. The van der Waals surface area contributed by atoms with Crippen molar-refractivity contribution in [2.45, 2.75) is 57.4 Å². The van der Waals surface area contributed by atoms with Gasteiger partial charge in [-0.25, -0.2) is 0 Å². The average molecular weight is 219 g/mol. The van der Waals surface area contributed by atoms with Crippen LogP contribution in [0.3, 0.4) is 0 Å². The molecule has 0 aromatic carbocycles. The summed E-state index contributed by atoms with van der Waals surface area (Å²) in [4.78, 5) is 0. The van der Waals surface area contributed by atoms with Crippen LogP contribution in [0.5, 0.6) is 0 Å². The summed E-state index contributed by atoms with van der Waals surface area (Å²) in [5.74, 6) is 1.57. The van der Waals surface area contributed by atoms with Crippen molar-refractivity contribution in [2.24, 2.45) is 11.8 Å². The van der Waals surface area contributed by atoms with E-state index in [1.165, 1.54) is 25.7 Å². The van der Waals surface area contributed by atoms with Crippen molar-refractivity contribution in [3.63, 3.8) is 0 Å². The van der Waals surface area contributed by atoms with Crippen LogP contribution >= 0.6 is 11.6 Å². The lowest BCUT2D eigenvalue weighted by atomic mass is 9.77. The SMILES string of the molecule is CCC1CCC(Cl)C(CC(C)OC)C1. The van der Waals surface area contributed by atoms with E-state index in [1.807, 2.05) is 0 Å².